The summed E-state index contributed by atoms with van der Waals surface area (Å²) < 4.78 is 10.9. The average Bonchev–Trinajstić information content (AvgIpc) is 2.91. The maximum atomic E-state index is 5.52. The van der Waals surface area contributed by atoms with Crippen LogP contribution in [-0.4, -0.2) is 19.8 Å². The standard InChI is InChI=1S/C15H23NO2.ClH/c1-3-18-14-9-8-12(10-15(14)17-2)11-16-13-6-4-5-7-13;/h8-10,13,16H,3-7,11H2,1-2H3;1H. The summed E-state index contributed by atoms with van der Waals surface area (Å²) in [4.78, 5) is 0. The number of nitrogens with one attached hydrogen (secondary N) is 1. The molecule has 1 aromatic rings. The number of ether oxygens (including phenoxy) is 2. The molecule has 1 fully saturated rings. The fourth-order valence-electron chi connectivity index (χ4n) is 2.49. The first-order chi connectivity index (χ1) is 8.83. The van der Waals surface area contributed by atoms with E-state index in [1.807, 2.05) is 13.0 Å². The maximum absolute atomic E-state index is 5.52. The zero-order chi connectivity index (χ0) is 12.8. The molecule has 0 unspecified atom stereocenters. The molecule has 0 heterocycles. The third kappa shape index (κ3) is 4.59. The minimum atomic E-state index is 0. The molecule has 108 valence electrons. The normalized spacial score (nSPS) is 15.1. The van der Waals surface area contributed by atoms with Gasteiger partial charge in [0.05, 0.1) is 13.7 Å². The highest BCUT2D eigenvalue weighted by molar-refractivity contribution is 5.85. The van der Waals surface area contributed by atoms with Gasteiger partial charge in [0, 0.05) is 12.6 Å². The van der Waals surface area contributed by atoms with Crippen molar-refractivity contribution < 1.29 is 9.47 Å². The number of hydrogen-bond acceptors (Lipinski definition) is 3. The summed E-state index contributed by atoms with van der Waals surface area (Å²) >= 11 is 0. The predicted molar refractivity (Wildman–Crippen MR) is 80.5 cm³/mol. The first-order valence-electron chi connectivity index (χ1n) is 6.86. The van der Waals surface area contributed by atoms with Crippen LogP contribution >= 0.6 is 12.4 Å². The lowest BCUT2D eigenvalue weighted by molar-refractivity contribution is 0.310. The van der Waals surface area contributed by atoms with Crippen molar-refractivity contribution in [2.45, 2.75) is 45.2 Å². The third-order valence-electron chi connectivity index (χ3n) is 3.48. The topological polar surface area (TPSA) is 30.5 Å². The average molecular weight is 286 g/mol. The Hall–Kier alpha value is -0.930. The van der Waals surface area contributed by atoms with Gasteiger partial charge in [-0.15, -0.1) is 12.4 Å². The van der Waals surface area contributed by atoms with Gasteiger partial charge in [-0.25, -0.2) is 0 Å². The largest absolute Gasteiger partial charge is 0.493 e. The van der Waals surface area contributed by atoms with E-state index in [1.165, 1.54) is 31.2 Å². The smallest absolute Gasteiger partial charge is 0.161 e. The molecule has 0 radical (unpaired) electrons. The summed E-state index contributed by atoms with van der Waals surface area (Å²) in [5.41, 5.74) is 1.25. The second kappa shape index (κ2) is 8.28. The summed E-state index contributed by atoms with van der Waals surface area (Å²) in [5, 5.41) is 3.60. The molecule has 0 atom stereocenters. The molecule has 2 rings (SSSR count). The van der Waals surface area contributed by atoms with Crippen molar-refractivity contribution in [3.63, 3.8) is 0 Å². The zero-order valence-electron chi connectivity index (χ0n) is 11.8. The molecule has 0 bridgehead atoms. The first-order valence-corrected chi connectivity index (χ1v) is 6.86. The van der Waals surface area contributed by atoms with E-state index in [2.05, 4.69) is 17.4 Å². The van der Waals surface area contributed by atoms with Gasteiger partial charge in [-0.1, -0.05) is 18.9 Å². The van der Waals surface area contributed by atoms with Crippen LogP contribution in [0.25, 0.3) is 0 Å². The number of benzene rings is 1. The van der Waals surface area contributed by atoms with E-state index in [0.29, 0.717) is 12.6 Å². The van der Waals surface area contributed by atoms with E-state index < -0.39 is 0 Å². The number of methoxy groups -OCH3 is 1. The summed E-state index contributed by atoms with van der Waals surface area (Å²) in [5.74, 6) is 1.65. The predicted octanol–water partition coefficient (Wildman–Crippen LogP) is 3.55. The highest BCUT2D eigenvalue weighted by Crippen LogP contribution is 2.28. The summed E-state index contributed by atoms with van der Waals surface area (Å²) in [7, 11) is 1.69. The number of hydrogen-bond donors (Lipinski definition) is 1. The SMILES string of the molecule is CCOc1ccc(CNC2CCCC2)cc1OC.Cl. The number of rotatable bonds is 6. The van der Waals surface area contributed by atoms with Crippen LogP contribution in [0, 0.1) is 0 Å². The second-order valence-electron chi connectivity index (χ2n) is 4.78. The molecule has 0 aromatic heterocycles. The van der Waals surface area contributed by atoms with Crippen molar-refractivity contribution in [1.29, 1.82) is 0 Å². The van der Waals surface area contributed by atoms with Gasteiger partial charge in [0.1, 0.15) is 0 Å². The van der Waals surface area contributed by atoms with Crippen molar-refractivity contribution >= 4 is 12.4 Å². The summed E-state index contributed by atoms with van der Waals surface area (Å²) in [6.45, 7) is 3.55. The molecule has 19 heavy (non-hydrogen) atoms. The molecule has 0 spiro atoms. The Balaban J connectivity index is 0.00000180. The Morgan fingerprint density at radius 2 is 1.95 bits per heavy atom. The molecule has 0 amide bonds. The molecular formula is C15H24ClNO2. The highest BCUT2D eigenvalue weighted by Gasteiger charge is 2.14. The highest BCUT2D eigenvalue weighted by atomic mass is 35.5. The van der Waals surface area contributed by atoms with Gasteiger partial charge in [-0.05, 0) is 37.5 Å². The maximum Gasteiger partial charge on any atom is 0.161 e. The van der Waals surface area contributed by atoms with Crippen LogP contribution in [0.3, 0.4) is 0 Å². The van der Waals surface area contributed by atoms with Crippen LogP contribution in [-0.2, 0) is 6.54 Å². The Bertz CT molecular complexity index is 378. The molecule has 1 aliphatic carbocycles. The molecule has 1 N–H and O–H groups in total. The Kier molecular flexibility index (Phi) is 7.03. The molecule has 0 saturated heterocycles. The molecule has 1 aromatic carbocycles. The Morgan fingerprint density at radius 1 is 1.21 bits per heavy atom. The van der Waals surface area contributed by atoms with E-state index in [9.17, 15) is 0 Å². The van der Waals surface area contributed by atoms with E-state index in [4.69, 9.17) is 9.47 Å². The van der Waals surface area contributed by atoms with Gasteiger partial charge in [0.15, 0.2) is 11.5 Å². The summed E-state index contributed by atoms with van der Waals surface area (Å²) in [6, 6.07) is 6.86. The monoisotopic (exact) mass is 285 g/mol. The van der Waals surface area contributed by atoms with Gasteiger partial charge in [0.25, 0.3) is 0 Å². The quantitative estimate of drug-likeness (QED) is 0.867. The van der Waals surface area contributed by atoms with Gasteiger partial charge < -0.3 is 14.8 Å². The van der Waals surface area contributed by atoms with Gasteiger partial charge in [0.2, 0.25) is 0 Å². The Labute approximate surface area is 122 Å². The molecule has 1 aliphatic rings. The van der Waals surface area contributed by atoms with E-state index in [-0.39, 0.29) is 12.4 Å². The molecule has 0 aliphatic heterocycles. The van der Waals surface area contributed by atoms with E-state index in [0.717, 1.165) is 18.0 Å². The van der Waals surface area contributed by atoms with Crippen LogP contribution in [0.5, 0.6) is 11.5 Å². The van der Waals surface area contributed by atoms with E-state index in [1.54, 1.807) is 7.11 Å². The van der Waals surface area contributed by atoms with Crippen LogP contribution < -0.4 is 14.8 Å². The lowest BCUT2D eigenvalue weighted by Crippen LogP contribution is -2.25. The van der Waals surface area contributed by atoms with Crippen LogP contribution in [0.1, 0.15) is 38.2 Å². The zero-order valence-corrected chi connectivity index (χ0v) is 12.6. The molecule has 1 saturated carbocycles. The molecule has 3 nitrogen and oxygen atoms in total. The number of halogens is 1. The Morgan fingerprint density at radius 3 is 2.58 bits per heavy atom. The van der Waals surface area contributed by atoms with Gasteiger partial charge in [-0.3, -0.25) is 0 Å². The fourth-order valence-corrected chi connectivity index (χ4v) is 2.49. The van der Waals surface area contributed by atoms with Crippen molar-refractivity contribution in [1.82, 2.24) is 5.32 Å². The lowest BCUT2D eigenvalue weighted by atomic mass is 10.1. The van der Waals surface area contributed by atoms with Crippen molar-refractivity contribution in [2.24, 2.45) is 0 Å². The van der Waals surface area contributed by atoms with Crippen LogP contribution in [0.2, 0.25) is 0 Å². The van der Waals surface area contributed by atoms with Crippen LogP contribution in [0.15, 0.2) is 18.2 Å². The van der Waals surface area contributed by atoms with Gasteiger partial charge >= 0.3 is 0 Å². The van der Waals surface area contributed by atoms with Gasteiger partial charge in [-0.2, -0.15) is 0 Å². The fraction of sp³-hybridized carbons (Fsp3) is 0.600. The second-order valence-corrected chi connectivity index (χ2v) is 4.78. The lowest BCUT2D eigenvalue weighted by Gasteiger charge is -2.14. The van der Waals surface area contributed by atoms with E-state index >= 15 is 0 Å². The summed E-state index contributed by atoms with van der Waals surface area (Å²) in [6.07, 6.45) is 5.36. The van der Waals surface area contributed by atoms with Crippen molar-refractivity contribution in [3.05, 3.63) is 23.8 Å². The first kappa shape index (κ1) is 16.1. The minimum Gasteiger partial charge on any atom is -0.493 e. The molecule has 4 heteroatoms. The minimum absolute atomic E-state index is 0. The third-order valence-corrected chi connectivity index (χ3v) is 3.48. The molecular weight excluding hydrogens is 262 g/mol. The van der Waals surface area contributed by atoms with Crippen LogP contribution in [0.4, 0.5) is 0 Å². The van der Waals surface area contributed by atoms with Crippen molar-refractivity contribution in [2.75, 3.05) is 13.7 Å². The van der Waals surface area contributed by atoms with Crippen molar-refractivity contribution in [3.8, 4) is 11.5 Å².